The van der Waals surface area contributed by atoms with Crippen LogP contribution in [0.15, 0.2) is 55.0 Å². The molecule has 134 valence electrons. The van der Waals surface area contributed by atoms with Crippen molar-refractivity contribution in [1.29, 1.82) is 0 Å². The van der Waals surface area contributed by atoms with Crippen LogP contribution in [0, 0.1) is 0 Å². The number of nitrogens with zero attached hydrogens (tertiary/aromatic N) is 3. The predicted molar refractivity (Wildman–Crippen MR) is 97.4 cm³/mol. The van der Waals surface area contributed by atoms with Crippen molar-refractivity contribution in [3.05, 3.63) is 60.6 Å². The van der Waals surface area contributed by atoms with Crippen molar-refractivity contribution in [2.75, 3.05) is 20.3 Å². The molecule has 0 radical (unpaired) electrons. The summed E-state index contributed by atoms with van der Waals surface area (Å²) in [6, 6.07) is 12.0. The number of aromatic nitrogens is 3. The van der Waals surface area contributed by atoms with Crippen LogP contribution in [-0.2, 0) is 11.3 Å². The van der Waals surface area contributed by atoms with Crippen molar-refractivity contribution in [3.63, 3.8) is 0 Å². The third kappa shape index (κ3) is 3.55. The van der Waals surface area contributed by atoms with Crippen LogP contribution >= 0.6 is 0 Å². The quantitative estimate of drug-likeness (QED) is 0.683. The van der Waals surface area contributed by atoms with Gasteiger partial charge in [-0.2, -0.15) is 5.10 Å². The smallest absolute Gasteiger partial charge is 0.162 e. The molecule has 0 amide bonds. The molecule has 3 aromatic rings. The molecule has 1 fully saturated rings. The fraction of sp³-hybridized carbons (Fsp3) is 0.300. The largest absolute Gasteiger partial charge is 0.493 e. The lowest BCUT2D eigenvalue weighted by Gasteiger charge is -2.16. The molecule has 0 aliphatic carbocycles. The summed E-state index contributed by atoms with van der Waals surface area (Å²) in [6.07, 6.45) is 6.36. The molecule has 6 heteroatoms. The molecule has 1 saturated heterocycles. The summed E-state index contributed by atoms with van der Waals surface area (Å²) in [4.78, 5) is 4.06. The van der Waals surface area contributed by atoms with E-state index in [0.717, 1.165) is 41.3 Å². The fourth-order valence-corrected chi connectivity index (χ4v) is 3.08. The Bertz CT molecular complexity index is 858. The number of rotatable bonds is 6. The Morgan fingerprint density at radius 3 is 2.77 bits per heavy atom. The van der Waals surface area contributed by atoms with Crippen LogP contribution in [0.3, 0.4) is 0 Å². The highest BCUT2D eigenvalue weighted by molar-refractivity contribution is 5.64. The van der Waals surface area contributed by atoms with Gasteiger partial charge in [0, 0.05) is 30.6 Å². The van der Waals surface area contributed by atoms with Gasteiger partial charge in [0.05, 0.1) is 32.6 Å². The molecule has 1 atom stereocenters. The number of pyridine rings is 1. The molecule has 4 rings (SSSR count). The van der Waals surface area contributed by atoms with Gasteiger partial charge < -0.3 is 14.2 Å². The van der Waals surface area contributed by atoms with Crippen molar-refractivity contribution >= 4 is 0 Å². The maximum absolute atomic E-state index is 6.11. The van der Waals surface area contributed by atoms with E-state index in [1.807, 2.05) is 47.3 Å². The van der Waals surface area contributed by atoms with Crippen LogP contribution in [0.4, 0.5) is 0 Å². The summed E-state index contributed by atoms with van der Waals surface area (Å²) in [7, 11) is 1.65. The number of hydrogen-bond donors (Lipinski definition) is 0. The standard InChI is InChI=1S/C20H21N3O3/c1-24-19-3-2-16(12-20(19)26-17-7-11-25-14-17)18-6-10-22-23(18)13-15-4-8-21-9-5-15/h2-6,8-10,12,17H,7,11,13-14H2,1H3/t17-/m1/s1. The highest BCUT2D eigenvalue weighted by Crippen LogP contribution is 2.34. The maximum atomic E-state index is 6.11. The molecule has 0 N–H and O–H groups in total. The minimum Gasteiger partial charge on any atom is -0.493 e. The highest BCUT2D eigenvalue weighted by atomic mass is 16.6. The molecular formula is C20H21N3O3. The van der Waals surface area contributed by atoms with Gasteiger partial charge in [0.1, 0.15) is 6.10 Å². The number of ether oxygens (including phenoxy) is 3. The lowest BCUT2D eigenvalue weighted by molar-refractivity contribution is 0.138. The van der Waals surface area contributed by atoms with E-state index in [9.17, 15) is 0 Å². The van der Waals surface area contributed by atoms with Crippen LogP contribution in [-0.4, -0.2) is 41.2 Å². The number of hydrogen-bond acceptors (Lipinski definition) is 5. The minimum atomic E-state index is 0.0703. The zero-order valence-electron chi connectivity index (χ0n) is 14.7. The van der Waals surface area contributed by atoms with E-state index in [-0.39, 0.29) is 6.10 Å². The molecule has 0 spiro atoms. The first kappa shape index (κ1) is 16.6. The van der Waals surface area contributed by atoms with Crippen LogP contribution in [0.5, 0.6) is 11.5 Å². The van der Waals surface area contributed by atoms with Crippen molar-refractivity contribution in [2.24, 2.45) is 0 Å². The van der Waals surface area contributed by atoms with Crippen molar-refractivity contribution in [3.8, 4) is 22.8 Å². The second kappa shape index (κ2) is 7.58. The number of benzene rings is 1. The number of methoxy groups -OCH3 is 1. The fourth-order valence-electron chi connectivity index (χ4n) is 3.08. The Hall–Kier alpha value is -2.86. The Balaban J connectivity index is 1.62. The van der Waals surface area contributed by atoms with Gasteiger partial charge in [-0.1, -0.05) is 0 Å². The van der Waals surface area contributed by atoms with Crippen LogP contribution < -0.4 is 9.47 Å². The van der Waals surface area contributed by atoms with E-state index >= 15 is 0 Å². The Kier molecular flexibility index (Phi) is 4.84. The van der Waals surface area contributed by atoms with E-state index < -0.39 is 0 Å². The molecule has 0 saturated carbocycles. The third-order valence-electron chi connectivity index (χ3n) is 4.44. The van der Waals surface area contributed by atoms with Gasteiger partial charge in [0.25, 0.3) is 0 Å². The minimum absolute atomic E-state index is 0.0703. The summed E-state index contributed by atoms with van der Waals surface area (Å²) in [5.41, 5.74) is 3.21. The van der Waals surface area contributed by atoms with Crippen molar-refractivity contribution in [1.82, 2.24) is 14.8 Å². The predicted octanol–water partition coefficient (Wildman–Crippen LogP) is 3.17. The Morgan fingerprint density at radius 1 is 1.12 bits per heavy atom. The second-order valence-corrected chi connectivity index (χ2v) is 6.20. The first-order valence-electron chi connectivity index (χ1n) is 8.67. The summed E-state index contributed by atoms with van der Waals surface area (Å²) >= 11 is 0. The van der Waals surface area contributed by atoms with Gasteiger partial charge in [-0.05, 0) is 42.0 Å². The SMILES string of the molecule is COc1ccc(-c2ccnn2Cc2ccncc2)cc1O[C@@H]1CCOC1. The summed E-state index contributed by atoms with van der Waals surface area (Å²) in [5.74, 6) is 1.46. The molecular weight excluding hydrogens is 330 g/mol. The Labute approximate surface area is 152 Å². The van der Waals surface area contributed by atoms with Gasteiger partial charge in [-0.25, -0.2) is 0 Å². The summed E-state index contributed by atoms with van der Waals surface area (Å²) in [6.45, 7) is 2.04. The van der Waals surface area contributed by atoms with E-state index in [4.69, 9.17) is 14.2 Å². The maximum Gasteiger partial charge on any atom is 0.162 e. The lowest BCUT2D eigenvalue weighted by Crippen LogP contribution is -2.16. The second-order valence-electron chi connectivity index (χ2n) is 6.20. The van der Waals surface area contributed by atoms with Gasteiger partial charge in [-0.3, -0.25) is 9.67 Å². The molecule has 2 aromatic heterocycles. The van der Waals surface area contributed by atoms with Gasteiger partial charge >= 0.3 is 0 Å². The summed E-state index contributed by atoms with van der Waals surface area (Å²) in [5, 5.41) is 4.47. The van der Waals surface area contributed by atoms with Crippen molar-refractivity contribution < 1.29 is 14.2 Å². The van der Waals surface area contributed by atoms with Gasteiger partial charge in [0.15, 0.2) is 11.5 Å². The molecule has 1 aromatic carbocycles. The average molecular weight is 351 g/mol. The van der Waals surface area contributed by atoms with E-state index in [0.29, 0.717) is 13.2 Å². The van der Waals surface area contributed by atoms with Crippen molar-refractivity contribution in [2.45, 2.75) is 19.1 Å². The molecule has 3 heterocycles. The average Bonchev–Trinajstić information content (AvgIpc) is 3.35. The Morgan fingerprint density at radius 2 is 2.00 bits per heavy atom. The molecule has 1 aliphatic rings. The van der Waals surface area contributed by atoms with Crippen LogP contribution in [0.2, 0.25) is 0 Å². The first-order chi connectivity index (χ1) is 12.8. The van der Waals surface area contributed by atoms with Crippen LogP contribution in [0.25, 0.3) is 11.3 Å². The normalized spacial score (nSPS) is 16.6. The van der Waals surface area contributed by atoms with E-state index in [1.54, 1.807) is 19.5 Å². The molecule has 0 bridgehead atoms. The molecule has 26 heavy (non-hydrogen) atoms. The zero-order chi connectivity index (χ0) is 17.8. The summed E-state index contributed by atoms with van der Waals surface area (Å²) < 4.78 is 18.9. The third-order valence-corrected chi connectivity index (χ3v) is 4.44. The lowest BCUT2D eigenvalue weighted by atomic mass is 10.1. The van der Waals surface area contributed by atoms with Gasteiger partial charge in [0.2, 0.25) is 0 Å². The molecule has 0 unspecified atom stereocenters. The zero-order valence-corrected chi connectivity index (χ0v) is 14.7. The first-order valence-corrected chi connectivity index (χ1v) is 8.67. The topological polar surface area (TPSA) is 58.4 Å². The van der Waals surface area contributed by atoms with Gasteiger partial charge in [-0.15, -0.1) is 0 Å². The van der Waals surface area contributed by atoms with E-state index in [1.165, 1.54) is 0 Å². The highest BCUT2D eigenvalue weighted by Gasteiger charge is 2.20. The monoisotopic (exact) mass is 351 g/mol. The van der Waals surface area contributed by atoms with Crippen LogP contribution in [0.1, 0.15) is 12.0 Å². The van der Waals surface area contributed by atoms with E-state index in [2.05, 4.69) is 10.1 Å². The molecule has 1 aliphatic heterocycles. The molecule has 6 nitrogen and oxygen atoms in total.